The molecule has 3 N–H and O–H groups in total. The highest BCUT2D eigenvalue weighted by atomic mass is 79.9. The molecule has 0 bridgehead atoms. The Kier molecular flexibility index (Phi) is 4.33. The van der Waals surface area contributed by atoms with Gasteiger partial charge >= 0.3 is 0 Å². The van der Waals surface area contributed by atoms with E-state index in [-0.39, 0.29) is 5.91 Å². The summed E-state index contributed by atoms with van der Waals surface area (Å²) in [7, 11) is 0. The number of rotatable bonds is 4. The minimum absolute atomic E-state index is 0.146. The second-order valence-corrected chi connectivity index (χ2v) is 6.24. The van der Waals surface area contributed by atoms with Gasteiger partial charge < -0.3 is 11.1 Å². The molecule has 1 unspecified atom stereocenters. The van der Waals surface area contributed by atoms with Crippen LogP contribution in [0.2, 0.25) is 0 Å². The van der Waals surface area contributed by atoms with Crippen molar-refractivity contribution >= 4 is 44.5 Å². The Bertz CT molecular complexity index is 495. The topological polar surface area (TPSA) is 55.1 Å². The third-order valence-corrected chi connectivity index (χ3v) is 5.13. The maximum Gasteiger partial charge on any atom is 0.242 e. The minimum atomic E-state index is -0.575. The summed E-state index contributed by atoms with van der Waals surface area (Å²) in [5.74, 6) is -0.146. The molecule has 0 aliphatic heterocycles. The summed E-state index contributed by atoms with van der Waals surface area (Å²) in [6.45, 7) is 0.510. The molecule has 1 amide bonds. The van der Waals surface area contributed by atoms with Gasteiger partial charge in [0.05, 0.1) is 6.54 Å². The lowest BCUT2D eigenvalue weighted by Gasteiger charge is -2.10. The molecule has 0 aromatic carbocycles. The number of thiophene rings is 2. The van der Waals surface area contributed by atoms with Crippen LogP contribution in [0.15, 0.2) is 33.4 Å². The predicted molar refractivity (Wildman–Crippen MR) is 75.1 cm³/mol. The van der Waals surface area contributed by atoms with Gasteiger partial charge in [-0.25, -0.2) is 0 Å². The van der Waals surface area contributed by atoms with E-state index >= 15 is 0 Å². The summed E-state index contributed by atoms with van der Waals surface area (Å²) in [5, 5.41) is 6.73. The van der Waals surface area contributed by atoms with Gasteiger partial charge in [-0.2, -0.15) is 0 Å². The maximum atomic E-state index is 11.8. The van der Waals surface area contributed by atoms with Crippen molar-refractivity contribution in [2.45, 2.75) is 12.6 Å². The predicted octanol–water partition coefficient (Wildman–Crippen LogP) is 2.89. The smallest absolute Gasteiger partial charge is 0.242 e. The minimum Gasteiger partial charge on any atom is -0.349 e. The zero-order valence-corrected chi connectivity index (χ0v) is 12.1. The molecular weight excluding hydrogens is 320 g/mol. The Balaban J connectivity index is 1.92. The van der Waals surface area contributed by atoms with Crippen molar-refractivity contribution in [3.63, 3.8) is 0 Å². The molecule has 0 radical (unpaired) electrons. The quantitative estimate of drug-likeness (QED) is 0.905. The van der Waals surface area contributed by atoms with Crippen LogP contribution in [0, 0.1) is 0 Å². The summed E-state index contributed by atoms with van der Waals surface area (Å²) >= 11 is 6.52. The lowest BCUT2D eigenvalue weighted by Crippen LogP contribution is -2.33. The third-order valence-electron chi connectivity index (χ3n) is 2.25. The zero-order chi connectivity index (χ0) is 12.3. The summed E-state index contributed by atoms with van der Waals surface area (Å²) in [5.41, 5.74) is 5.85. The van der Waals surface area contributed by atoms with Crippen molar-refractivity contribution < 1.29 is 4.79 Å². The highest BCUT2D eigenvalue weighted by molar-refractivity contribution is 9.10. The summed E-state index contributed by atoms with van der Waals surface area (Å²) in [4.78, 5) is 13.8. The van der Waals surface area contributed by atoms with Crippen molar-refractivity contribution in [1.82, 2.24) is 5.32 Å². The molecule has 2 rings (SSSR count). The van der Waals surface area contributed by atoms with E-state index in [1.165, 1.54) is 11.3 Å². The van der Waals surface area contributed by atoms with Crippen molar-refractivity contribution in [2.24, 2.45) is 5.73 Å². The SMILES string of the molecule is NC(C(=O)NCc1sccc1Br)c1cccs1. The van der Waals surface area contributed by atoms with Gasteiger partial charge in [0.2, 0.25) is 5.91 Å². The van der Waals surface area contributed by atoms with E-state index in [1.807, 2.05) is 29.0 Å². The Labute approximate surface area is 116 Å². The largest absolute Gasteiger partial charge is 0.349 e. The van der Waals surface area contributed by atoms with Crippen molar-refractivity contribution in [3.05, 3.63) is 43.2 Å². The lowest BCUT2D eigenvalue weighted by molar-refractivity contribution is -0.122. The number of halogens is 1. The van der Waals surface area contributed by atoms with E-state index in [1.54, 1.807) is 11.3 Å². The molecular formula is C11H11BrN2OS2. The van der Waals surface area contributed by atoms with Crippen LogP contribution < -0.4 is 11.1 Å². The molecule has 17 heavy (non-hydrogen) atoms. The number of amides is 1. The molecule has 0 saturated carbocycles. The fourth-order valence-electron chi connectivity index (χ4n) is 1.33. The monoisotopic (exact) mass is 330 g/mol. The van der Waals surface area contributed by atoms with Crippen molar-refractivity contribution in [3.8, 4) is 0 Å². The molecule has 6 heteroatoms. The molecule has 0 saturated heterocycles. The van der Waals surface area contributed by atoms with E-state index in [2.05, 4.69) is 21.2 Å². The summed E-state index contributed by atoms with van der Waals surface area (Å²) < 4.78 is 1.02. The molecule has 0 aliphatic carbocycles. The first kappa shape index (κ1) is 12.8. The van der Waals surface area contributed by atoms with E-state index in [4.69, 9.17) is 5.73 Å². The van der Waals surface area contributed by atoms with E-state index in [9.17, 15) is 4.79 Å². The number of hydrogen-bond donors (Lipinski definition) is 2. The van der Waals surface area contributed by atoms with E-state index in [0.717, 1.165) is 14.2 Å². The van der Waals surface area contributed by atoms with Gasteiger partial charge in [0, 0.05) is 14.2 Å². The van der Waals surface area contributed by atoms with Crippen molar-refractivity contribution in [1.29, 1.82) is 0 Å². The van der Waals surface area contributed by atoms with Gasteiger partial charge in [0.25, 0.3) is 0 Å². The summed E-state index contributed by atoms with van der Waals surface area (Å²) in [6.07, 6.45) is 0. The van der Waals surface area contributed by atoms with E-state index < -0.39 is 6.04 Å². The number of carbonyl (C=O) groups excluding carboxylic acids is 1. The van der Waals surface area contributed by atoms with Gasteiger partial charge in [0.15, 0.2) is 0 Å². The molecule has 2 aromatic heterocycles. The van der Waals surface area contributed by atoms with Crippen LogP contribution in [-0.2, 0) is 11.3 Å². The molecule has 2 heterocycles. The Hall–Kier alpha value is -0.690. The maximum absolute atomic E-state index is 11.8. The van der Waals surface area contributed by atoms with Crippen LogP contribution in [0.5, 0.6) is 0 Å². The number of nitrogens with two attached hydrogens (primary N) is 1. The molecule has 0 spiro atoms. The van der Waals surface area contributed by atoms with Crippen LogP contribution in [0.1, 0.15) is 15.8 Å². The second-order valence-electron chi connectivity index (χ2n) is 3.40. The Morgan fingerprint density at radius 1 is 1.41 bits per heavy atom. The van der Waals surface area contributed by atoms with Crippen LogP contribution in [0.3, 0.4) is 0 Å². The van der Waals surface area contributed by atoms with Crippen LogP contribution in [-0.4, -0.2) is 5.91 Å². The molecule has 0 fully saturated rings. The average Bonchev–Trinajstić information content (AvgIpc) is 2.96. The first-order valence-corrected chi connectivity index (χ1v) is 7.52. The standard InChI is InChI=1S/C11H11BrN2OS2/c12-7-3-5-17-9(7)6-14-11(15)10(13)8-2-1-4-16-8/h1-5,10H,6,13H2,(H,14,15). The fourth-order valence-corrected chi connectivity index (χ4v) is 3.48. The molecule has 90 valence electrons. The molecule has 1 atom stereocenters. The van der Waals surface area contributed by atoms with E-state index in [0.29, 0.717) is 6.54 Å². The average molecular weight is 331 g/mol. The Morgan fingerprint density at radius 2 is 2.24 bits per heavy atom. The molecule has 2 aromatic rings. The molecule has 0 aliphatic rings. The van der Waals surface area contributed by atoms with Crippen LogP contribution in [0.4, 0.5) is 0 Å². The number of hydrogen-bond acceptors (Lipinski definition) is 4. The van der Waals surface area contributed by atoms with Gasteiger partial charge in [-0.15, -0.1) is 22.7 Å². The fraction of sp³-hybridized carbons (Fsp3) is 0.182. The van der Waals surface area contributed by atoms with Gasteiger partial charge in [-0.3, -0.25) is 4.79 Å². The van der Waals surface area contributed by atoms with Gasteiger partial charge in [-0.05, 0) is 38.8 Å². The normalized spacial score (nSPS) is 12.4. The summed E-state index contributed by atoms with van der Waals surface area (Å²) in [6, 6.07) is 5.15. The lowest BCUT2D eigenvalue weighted by atomic mass is 10.2. The number of carbonyl (C=O) groups is 1. The molecule has 3 nitrogen and oxygen atoms in total. The second kappa shape index (κ2) is 5.77. The van der Waals surface area contributed by atoms with Crippen molar-refractivity contribution in [2.75, 3.05) is 0 Å². The Morgan fingerprint density at radius 3 is 2.82 bits per heavy atom. The van der Waals surface area contributed by atoms with Gasteiger partial charge in [-0.1, -0.05) is 6.07 Å². The highest BCUT2D eigenvalue weighted by Gasteiger charge is 2.16. The number of nitrogens with one attached hydrogen (secondary N) is 1. The first-order valence-electron chi connectivity index (χ1n) is 4.97. The third kappa shape index (κ3) is 3.16. The highest BCUT2D eigenvalue weighted by Crippen LogP contribution is 2.22. The van der Waals surface area contributed by atoms with Gasteiger partial charge in [0.1, 0.15) is 6.04 Å². The zero-order valence-electron chi connectivity index (χ0n) is 8.85. The van der Waals surface area contributed by atoms with Crippen LogP contribution in [0.25, 0.3) is 0 Å². The van der Waals surface area contributed by atoms with Crippen LogP contribution >= 0.6 is 38.6 Å². The first-order chi connectivity index (χ1) is 8.18.